The molecule has 0 radical (unpaired) electrons. The molecule has 0 aliphatic rings. The van der Waals surface area contributed by atoms with Gasteiger partial charge in [-0.25, -0.2) is 0 Å². The Morgan fingerprint density at radius 2 is 1.95 bits per heavy atom. The van der Waals surface area contributed by atoms with E-state index in [1.807, 2.05) is 18.2 Å². The van der Waals surface area contributed by atoms with Crippen molar-refractivity contribution in [3.63, 3.8) is 0 Å². The summed E-state index contributed by atoms with van der Waals surface area (Å²) in [4.78, 5) is 0. The first-order valence-corrected chi connectivity index (χ1v) is 7.81. The van der Waals surface area contributed by atoms with Gasteiger partial charge in [0.2, 0.25) is 0 Å². The minimum atomic E-state index is 0.469. The lowest BCUT2D eigenvalue weighted by Gasteiger charge is -2.17. The van der Waals surface area contributed by atoms with E-state index in [0.717, 1.165) is 23.8 Å². The van der Waals surface area contributed by atoms with Crippen molar-refractivity contribution < 1.29 is 4.74 Å². The number of hydrogen-bond acceptors (Lipinski definition) is 3. The van der Waals surface area contributed by atoms with E-state index in [1.165, 1.54) is 19.3 Å². The summed E-state index contributed by atoms with van der Waals surface area (Å²) in [7, 11) is 0. The van der Waals surface area contributed by atoms with Crippen LogP contribution in [0.3, 0.4) is 0 Å². The molecule has 0 saturated heterocycles. The summed E-state index contributed by atoms with van der Waals surface area (Å²) in [6.07, 6.45) is 4.73. The van der Waals surface area contributed by atoms with Gasteiger partial charge in [-0.15, -0.1) is 0 Å². The van der Waals surface area contributed by atoms with Crippen LogP contribution in [0.15, 0.2) is 18.2 Å². The van der Waals surface area contributed by atoms with Crippen LogP contribution in [0.5, 0.6) is 5.75 Å². The zero-order valence-corrected chi connectivity index (χ0v) is 13.4. The van der Waals surface area contributed by atoms with Gasteiger partial charge in [-0.3, -0.25) is 0 Å². The molecular weight excluding hydrogens is 248 g/mol. The fourth-order valence-corrected chi connectivity index (χ4v) is 2.15. The SMILES string of the molecule is CCCOc1cc(NC(C)CCCC(C)C)ccc1N. The fraction of sp³-hybridized carbons (Fsp3) is 0.647. The Hall–Kier alpha value is -1.38. The Morgan fingerprint density at radius 3 is 2.60 bits per heavy atom. The van der Waals surface area contributed by atoms with Crippen LogP contribution >= 0.6 is 0 Å². The molecule has 0 aromatic heterocycles. The molecule has 0 spiro atoms. The summed E-state index contributed by atoms with van der Waals surface area (Å²) in [5.74, 6) is 1.57. The zero-order valence-electron chi connectivity index (χ0n) is 13.4. The topological polar surface area (TPSA) is 47.3 Å². The van der Waals surface area contributed by atoms with Crippen molar-refractivity contribution in [2.75, 3.05) is 17.7 Å². The number of nitrogens with one attached hydrogen (secondary N) is 1. The van der Waals surface area contributed by atoms with E-state index in [9.17, 15) is 0 Å². The molecule has 1 atom stereocenters. The van der Waals surface area contributed by atoms with Crippen molar-refractivity contribution >= 4 is 11.4 Å². The highest BCUT2D eigenvalue weighted by Gasteiger charge is 2.06. The summed E-state index contributed by atoms with van der Waals surface area (Å²) >= 11 is 0. The van der Waals surface area contributed by atoms with Gasteiger partial charge in [0.25, 0.3) is 0 Å². The highest BCUT2D eigenvalue weighted by molar-refractivity contribution is 5.61. The van der Waals surface area contributed by atoms with Crippen LogP contribution in [0.25, 0.3) is 0 Å². The zero-order chi connectivity index (χ0) is 15.0. The normalized spacial score (nSPS) is 12.4. The first kappa shape index (κ1) is 16.7. The molecular formula is C17H30N2O. The fourth-order valence-electron chi connectivity index (χ4n) is 2.15. The lowest BCUT2D eigenvalue weighted by Crippen LogP contribution is -2.15. The standard InChI is InChI=1S/C17H30N2O/c1-5-11-20-17-12-15(9-10-16(17)18)19-14(4)8-6-7-13(2)3/h9-10,12-14,19H,5-8,11,18H2,1-4H3. The van der Waals surface area contributed by atoms with Gasteiger partial charge in [-0.1, -0.05) is 33.6 Å². The van der Waals surface area contributed by atoms with Crippen LogP contribution in [0, 0.1) is 5.92 Å². The van der Waals surface area contributed by atoms with Gasteiger partial charge in [-0.2, -0.15) is 0 Å². The molecule has 3 heteroatoms. The van der Waals surface area contributed by atoms with Crippen LogP contribution in [0.4, 0.5) is 11.4 Å². The highest BCUT2D eigenvalue weighted by Crippen LogP contribution is 2.26. The van der Waals surface area contributed by atoms with Crippen LogP contribution in [-0.4, -0.2) is 12.6 Å². The minimum Gasteiger partial charge on any atom is -0.491 e. The van der Waals surface area contributed by atoms with Crippen molar-refractivity contribution in [3.05, 3.63) is 18.2 Å². The van der Waals surface area contributed by atoms with Crippen molar-refractivity contribution in [3.8, 4) is 5.75 Å². The summed E-state index contributed by atoms with van der Waals surface area (Å²) in [6.45, 7) is 9.57. The van der Waals surface area contributed by atoms with E-state index in [1.54, 1.807) is 0 Å². The second-order valence-electron chi connectivity index (χ2n) is 5.97. The lowest BCUT2D eigenvalue weighted by molar-refractivity contribution is 0.319. The second-order valence-corrected chi connectivity index (χ2v) is 5.97. The molecule has 3 N–H and O–H groups in total. The van der Waals surface area contributed by atoms with Gasteiger partial charge in [0, 0.05) is 17.8 Å². The van der Waals surface area contributed by atoms with Crippen molar-refractivity contribution in [2.45, 2.75) is 59.4 Å². The quantitative estimate of drug-likeness (QED) is 0.644. The molecule has 0 aliphatic heterocycles. The van der Waals surface area contributed by atoms with Crippen molar-refractivity contribution in [1.82, 2.24) is 0 Å². The molecule has 0 bridgehead atoms. The first-order chi connectivity index (χ1) is 9.52. The maximum Gasteiger partial charge on any atom is 0.144 e. The number of benzene rings is 1. The van der Waals surface area contributed by atoms with Crippen LogP contribution in [0.1, 0.15) is 53.4 Å². The Kier molecular flexibility index (Phi) is 7.27. The molecule has 1 aromatic carbocycles. The largest absolute Gasteiger partial charge is 0.491 e. The van der Waals surface area contributed by atoms with Gasteiger partial charge in [0.05, 0.1) is 12.3 Å². The molecule has 3 nitrogen and oxygen atoms in total. The average Bonchev–Trinajstić information content (AvgIpc) is 2.39. The number of hydrogen-bond donors (Lipinski definition) is 2. The minimum absolute atomic E-state index is 0.469. The Balaban J connectivity index is 2.50. The Morgan fingerprint density at radius 1 is 1.20 bits per heavy atom. The van der Waals surface area contributed by atoms with E-state index >= 15 is 0 Å². The summed E-state index contributed by atoms with van der Waals surface area (Å²) in [5, 5.41) is 3.52. The number of ether oxygens (including phenoxy) is 1. The maximum atomic E-state index is 5.92. The average molecular weight is 278 g/mol. The van der Waals surface area contributed by atoms with Crippen LogP contribution < -0.4 is 15.8 Å². The molecule has 0 fully saturated rings. The van der Waals surface area contributed by atoms with E-state index in [0.29, 0.717) is 18.3 Å². The predicted molar refractivity (Wildman–Crippen MR) is 88.4 cm³/mol. The molecule has 1 rings (SSSR count). The molecule has 0 aliphatic carbocycles. The number of nitrogens with two attached hydrogens (primary N) is 1. The van der Waals surface area contributed by atoms with Crippen LogP contribution in [-0.2, 0) is 0 Å². The Labute approximate surface area is 123 Å². The second kappa shape index (κ2) is 8.72. The highest BCUT2D eigenvalue weighted by atomic mass is 16.5. The van der Waals surface area contributed by atoms with E-state index in [4.69, 9.17) is 10.5 Å². The smallest absolute Gasteiger partial charge is 0.144 e. The molecule has 1 aromatic rings. The Bertz CT molecular complexity index is 391. The van der Waals surface area contributed by atoms with E-state index in [-0.39, 0.29) is 0 Å². The molecule has 20 heavy (non-hydrogen) atoms. The van der Waals surface area contributed by atoms with Crippen LogP contribution in [0.2, 0.25) is 0 Å². The molecule has 114 valence electrons. The third-order valence-electron chi connectivity index (χ3n) is 3.31. The summed E-state index contributed by atoms with van der Waals surface area (Å²) < 4.78 is 5.66. The first-order valence-electron chi connectivity index (χ1n) is 7.81. The number of rotatable bonds is 9. The summed E-state index contributed by atoms with van der Waals surface area (Å²) in [6, 6.07) is 6.40. The third kappa shape index (κ3) is 6.18. The van der Waals surface area contributed by atoms with Gasteiger partial charge in [-0.05, 0) is 37.8 Å². The predicted octanol–water partition coefficient (Wildman–Crippen LogP) is 4.68. The molecule has 1 unspecified atom stereocenters. The number of nitrogen functional groups attached to an aromatic ring is 1. The third-order valence-corrected chi connectivity index (χ3v) is 3.31. The lowest BCUT2D eigenvalue weighted by atomic mass is 10.0. The number of anilines is 2. The van der Waals surface area contributed by atoms with E-state index in [2.05, 4.69) is 33.0 Å². The van der Waals surface area contributed by atoms with Crippen molar-refractivity contribution in [2.24, 2.45) is 5.92 Å². The summed E-state index contributed by atoms with van der Waals surface area (Å²) in [5.41, 5.74) is 7.71. The molecule has 0 heterocycles. The van der Waals surface area contributed by atoms with Gasteiger partial charge in [0.15, 0.2) is 0 Å². The van der Waals surface area contributed by atoms with Gasteiger partial charge >= 0.3 is 0 Å². The maximum absolute atomic E-state index is 5.92. The van der Waals surface area contributed by atoms with Gasteiger partial charge in [0.1, 0.15) is 5.75 Å². The van der Waals surface area contributed by atoms with Gasteiger partial charge < -0.3 is 15.8 Å². The van der Waals surface area contributed by atoms with E-state index < -0.39 is 0 Å². The van der Waals surface area contributed by atoms with Crippen molar-refractivity contribution in [1.29, 1.82) is 0 Å². The molecule has 0 saturated carbocycles. The molecule has 0 amide bonds. The monoisotopic (exact) mass is 278 g/mol.